The molecule has 0 saturated carbocycles. The van der Waals surface area contributed by atoms with E-state index in [0.29, 0.717) is 4.88 Å². The van der Waals surface area contributed by atoms with Crippen molar-refractivity contribution in [2.75, 3.05) is 0 Å². The van der Waals surface area contributed by atoms with E-state index in [1.54, 1.807) is 18.3 Å². The summed E-state index contributed by atoms with van der Waals surface area (Å²) in [5, 5.41) is 0.860. The van der Waals surface area contributed by atoms with Gasteiger partial charge in [-0.3, -0.25) is 4.79 Å². The molecule has 0 aliphatic heterocycles. The smallest absolute Gasteiger partial charge is 0.171 e. The molecule has 18 heavy (non-hydrogen) atoms. The fourth-order valence-corrected chi connectivity index (χ4v) is 2.65. The molecule has 2 nitrogen and oxygen atoms in total. The van der Waals surface area contributed by atoms with Gasteiger partial charge in [-0.25, -0.2) is 9.37 Å². The van der Waals surface area contributed by atoms with Crippen LogP contribution in [-0.2, 0) is 5.41 Å². The summed E-state index contributed by atoms with van der Waals surface area (Å²) in [5.74, 6) is -0.230. The number of ketones is 1. The molecule has 94 valence electrons. The number of Topliss-reactive ketones (excluding diaryl/α,β-unsaturated/α-hetero) is 1. The number of rotatable bonds is 3. The number of thiazole rings is 1. The standard InChI is InChI=1S/C14H14FNOS/c1-9(17)12-8-16-13(18-12)14(2,3)10-4-6-11(15)7-5-10/h4-8H,1-3H3. The molecule has 0 bridgehead atoms. The van der Waals surface area contributed by atoms with Gasteiger partial charge in [0.1, 0.15) is 10.8 Å². The van der Waals surface area contributed by atoms with E-state index in [1.165, 1.54) is 30.4 Å². The summed E-state index contributed by atoms with van der Waals surface area (Å²) in [4.78, 5) is 16.3. The summed E-state index contributed by atoms with van der Waals surface area (Å²) >= 11 is 1.39. The number of benzene rings is 1. The number of aromatic nitrogens is 1. The van der Waals surface area contributed by atoms with Crippen molar-refractivity contribution in [1.82, 2.24) is 4.98 Å². The van der Waals surface area contributed by atoms with E-state index < -0.39 is 0 Å². The van der Waals surface area contributed by atoms with Crippen molar-refractivity contribution in [3.8, 4) is 0 Å². The topological polar surface area (TPSA) is 30.0 Å². The van der Waals surface area contributed by atoms with Gasteiger partial charge in [0, 0.05) is 18.5 Å². The molecule has 0 unspecified atom stereocenters. The summed E-state index contributed by atoms with van der Waals surface area (Å²) < 4.78 is 12.9. The van der Waals surface area contributed by atoms with Gasteiger partial charge < -0.3 is 0 Å². The molecule has 0 N–H and O–H groups in total. The molecule has 2 rings (SSSR count). The third kappa shape index (κ3) is 2.34. The number of carbonyl (C=O) groups is 1. The van der Waals surface area contributed by atoms with E-state index in [2.05, 4.69) is 4.98 Å². The Bertz CT molecular complexity index is 572. The summed E-state index contributed by atoms with van der Waals surface area (Å²) in [6, 6.07) is 6.39. The SMILES string of the molecule is CC(=O)c1cnc(C(C)(C)c2ccc(F)cc2)s1. The number of hydrogen-bond donors (Lipinski definition) is 0. The maximum absolute atomic E-state index is 12.9. The normalized spacial score (nSPS) is 11.6. The van der Waals surface area contributed by atoms with Crippen LogP contribution in [0.1, 0.15) is 41.0 Å². The highest BCUT2D eigenvalue weighted by molar-refractivity contribution is 7.13. The Morgan fingerprint density at radius 1 is 1.28 bits per heavy atom. The Labute approximate surface area is 110 Å². The van der Waals surface area contributed by atoms with Gasteiger partial charge in [-0.1, -0.05) is 12.1 Å². The molecule has 1 aromatic heterocycles. The molecule has 0 spiro atoms. The molecule has 0 atom stereocenters. The van der Waals surface area contributed by atoms with Crippen LogP contribution >= 0.6 is 11.3 Å². The molecule has 0 aliphatic carbocycles. The van der Waals surface area contributed by atoms with E-state index in [-0.39, 0.29) is 17.0 Å². The first-order valence-electron chi connectivity index (χ1n) is 5.64. The van der Waals surface area contributed by atoms with E-state index in [0.717, 1.165) is 10.6 Å². The zero-order chi connectivity index (χ0) is 13.3. The van der Waals surface area contributed by atoms with Crippen molar-refractivity contribution in [3.05, 3.63) is 51.7 Å². The lowest BCUT2D eigenvalue weighted by atomic mass is 9.85. The second kappa shape index (κ2) is 4.61. The molecule has 0 amide bonds. The van der Waals surface area contributed by atoms with Gasteiger partial charge >= 0.3 is 0 Å². The molecule has 4 heteroatoms. The van der Waals surface area contributed by atoms with Crippen LogP contribution in [0.4, 0.5) is 4.39 Å². The molecule has 0 radical (unpaired) electrons. The predicted octanol–water partition coefficient (Wildman–Crippen LogP) is 3.81. The van der Waals surface area contributed by atoms with Gasteiger partial charge in [0.25, 0.3) is 0 Å². The van der Waals surface area contributed by atoms with Crippen molar-refractivity contribution >= 4 is 17.1 Å². The Morgan fingerprint density at radius 2 is 1.89 bits per heavy atom. The zero-order valence-electron chi connectivity index (χ0n) is 10.5. The third-order valence-corrected chi connectivity index (χ3v) is 4.38. The zero-order valence-corrected chi connectivity index (χ0v) is 11.3. The quantitative estimate of drug-likeness (QED) is 0.788. The predicted molar refractivity (Wildman–Crippen MR) is 70.6 cm³/mol. The van der Waals surface area contributed by atoms with E-state index in [4.69, 9.17) is 0 Å². The minimum absolute atomic E-state index is 0.0219. The maximum atomic E-state index is 12.9. The Balaban J connectivity index is 2.40. The van der Waals surface area contributed by atoms with Crippen molar-refractivity contribution in [2.45, 2.75) is 26.2 Å². The molecule has 0 saturated heterocycles. The van der Waals surface area contributed by atoms with Crippen molar-refractivity contribution in [1.29, 1.82) is 0 Å². The Kier molecular flexibility index (Phi) is 3.30. The minimum atomic E-state index is -0.327. The van der Waals surface area contributed by atoms with E-state index >= 15 is 0 Å². The average molecular weight is 263 g/mol. The first-order valence-corrected chi connectivity index (χ1v) is 6.46. The maximum Gasteiger partial charge on any atom is 0.171 e. The van der Waals surface area contributed by atoms with Gasteiger partial charge in [0.05, 0.1) is 4.88 Å². The highest BCUT2D eigenvalue weighted by Crippen LogP contribution is 2.34. The average Bonchev–Trinajstić information content (AvgIpc) is 2.79. The van der Waals surface area contributed by atoms with Gasteiger partial charge in [-0.2, -0.15) is 0 Å². The van der Waals surface area contributed by atoms with Crippen LogP contribution < -0.4 is 0 Å². The van der Waals surface area contributed by atoms with Crippen molar-refractivity contribution < 1.29 is 9.18 Å². The van der Waals surface area contributed by atoms with Crippen molar-refractivity contribution in [3.63, 3.8) is 0 Å². The Morgan fingerprint density at radius 3 is 2.39 bits per heavy atom. The number of halogens is 1. The molecule has 0 fully saturated rings. The van der Waals surface area contributed by atoms with E-state index in [9.17, 15) is 9.18 Å². The third-order valence-electron chi connectivity index (χ3n) is 2.95. The second-order valence-electron chi connectivity index (χ2n) is 4.72. The molecule has 2 aromatic rings. The molecular weight excluding hydrogens is 249 g/mol. The first kappa shape index (κ1) is 12.9. The number of nitrogens with zero attached hydrogens (tertiary/aromatic N) is 1. The van der Waals surface area contributed by atoms with Gasteiger partial charge in [-0.05, 0) is 31.5 Å². The largest absolute Gasteiger partial charge is 0.294 e. The molecule has 0 aliphatic rings. The van der Waals surface area contributed by atoms with Crippen LogP contribution in [0, 0.1) is 5.82 Å². The van der Waals surface area contributed by atoms with Gasteiger partial charge in [0.2, 0.25) is 0 Å². The van der Waals surface area contributed by atoms with Crippen LogP contribution in [0.25, 0.3) is 0 Å². The lowest BCUT2D eigenvalue weighted by molar-refractivity contribution is 0.102. The monoisotopic (exact) mass is 263 g/mol. The van der Waals surface area contributed by atoms with Crippen LogP contribution in [0.3, 0.4) is 0 Å². The van der Waals surface area contributed by atoms with Crippen LogP contribution in [0.15, 0.2) is 30.5 Å². The van der Waals surface area contributed by atoms with Crippen molar-refractivity contribution in [2.24, 2.45) is 0 Å². The van der Waals surface area contributed by atoms with Gasteiger partial charge in [-0.15, -0.1) is 11.3 Å². The highest BCUT2D eigenvalue weighted by Gasteiger charge is 2.27. The fourth-order valence-electron chi connectivity index (χ4n) is 1.72. The Hall–Kier alpha value is -1.55. The second-order valence-corrected chi connectivity index (χ2v) is 5.75. The van der Waals surface area contributed by atoms with Crippen LogP contribution in [0.2, 0.25) is 0 Å². The minimum Gasteiger partial charge on any atom is -0.294 e. The van der Waals surface area contributed by atoms with Gasteiger partial charge in [0.15, 0.2) is 5.78 Å². The van der Waals surface area contributed by atoms with Crippen LogP contribution in [-0.4, -0.2) is 10.8 Å². The molecule has 1 aromatic carbocycles. The summed E-state index contributed by atoms with van der Waals surface area (Å²) in [6.45, 7) is 5.56. The lowest BCUT2D eigenvalue weighted by Gasteiger charge is -2.22. The highest BCUT2D eigenvalue weighted by atomic mass is 32.1. The lowest BCUT2D eigenvalue weighted by Crippen LogP contribution is -2.18. The first-order chi connectivity index (χ1) is 8.41. The number of hydrogen-bond acceptors (Lipinski definition) is 3. The molecular formula is C14H14FNOS. The summed E-state index contributed by atoms with van der Waals surface area (Å²) in [5.41, 5.74) is 0.653. The molecule has 1 heterocycles. The summed E-state index contributed by atoms with van der Waals surface area (Å²) in [7, 11) is 0. The van der Waals surface area contributed by atoms with Crippen LogP contribution in [0.5, 0.6) is 0 Å². The number of carbonyl (C=O) groups excluding carboxylic acids is 1. The van der Waals surface area contributed by atoms with E-state index in [1.807, 2.05) is 13.8 Å². The summed E-state index contributed by atoms with van der Waals surface area (Å²) in [6.07, 6.45) is 1.60. The fraction of sp³-hybridized carbons (Fsp3) is 0.286.